The summed E-state index contributed by atoms with van der Waals surface area (Å²) in [6.07, 6.45) is 0. The number of rotatable bonds is 3. The Morgan fingerprint density at radius 3 is 2.17 bits per heavy atom. The van der Waals surface area contributed by atoms with Crippen LogP contribution in [0, 0.1) is 6.92 Å². The Morgan fingerprint density at radius 1 is 0.875 bits per heavy atom. The fourth-order valence-electron chi connectivity index (χ4n) is 2.26. The summed E-state index contributed by atoms with van der Waals surface area (Å²) in [6.45, 7) is 1.97. The van der Waals surface area contributed by atoms with Gasteiger partial charge in [-0.25, -0.2) is 0 Å². The summed E-state index contributed by atoms with van der Waals surface area (Å²) < 4.78 is 32.6. The molecule has 3 aromatic rings. The van der Waals surface area contributed by atoms with Crippen LogP contribution in [0.3, 0.4) is 0 Å². The number of nitrogens with zero attached hydrogens (tertiary/aromatic N) is 2. The monoisotopic (exact) mass is 350 g/mol. The van der Waals surface area contributed by atoms with Crippen molar-refractivity contribution < 1.29 is 13.0 Å². The minimum absolute atomic E-state index is 0. The molecule has 0 saturated carbocycles. The fraction of sp³-hybridized carbons (Fsp3) is 0.0588. The molecule has 0 aliphatic rings. The standard InChI is InChI=1S/C17H14N2O3S.Na.H/c1-12-6-8-14(9-7-12)18-19-15-10-13-4-2-3-5-16(13)17(11-15)23(20,21)22;;/h2-11H,1H3,(H,20,21,22);;/b19-18+;;. The molecule has 0 fully saturated rings. The molecule has 0 aliphatic heterocycles. The number of fused-ring (bicyclic) bond motifs is 1. The summed E-state index contributed by atoms with van der Waals surface area (Å²) >= 11 is 0. The Kier molecular flexibility index (Phi) is 5.90. The molecule has 7 heteroatoms. The molecule has 0 aliphatic carbocycles. The maximum atomic E-state index is 11.6. The summed E-state index contributed by atoms with van der Waals surface area (Å²) in [5, 5.41) is 9.29. The van der Waals surface area contributed by atoms with Crippen molar-refractivity contribution in [2.24, 2.45) is 10.2 Å². The van der Waals surface area contributed by atoms with Gasteiger partial charge < -0.3 is 0 Å². The van der Waals surface area contributed by atoms with Gasteiger partial charge in [-0.3, -0.25) is 4.55 Å². The molecule has 0 saturated heterocycles. The molecule has 0 heterocycles. The van der Waals surface area contributed by atoms with Crippen molar-refractivity contribution in [3.05, 3.63) is 66.2 Å². The van der Waals surface area contributed by atoms with Crippen molar-refractivity contribution in [3.8, 4) is 0 Å². The molecule has 118 valence electrons. The SMILES string of the molecule is Cc1ccc(/N=N/c2cc(S(=O)(=O)O)c3ccccc3c2)cc1.[NaH]. The van der Waals surface area contributed by atoms with E-state index in [9.17, 15) is 13.0 Å². The van der Waals surface area contributed by atoms with Crippen LogP contribution in [0.1, 0.15) is 5.56 Å². The van der Waals surface area contributed by atoms with Gasteiger partial charge in [0, 0.05) is 5.39 Å². The number of hydrogen-bond acceptors (Lipinski definition) is 4. The molecule has 0 amide bonds. The van der Waals surface area contributed by atoms with E-state index in [1.165, 1.54) is 6.07 Å². The van der Waals surface area contributed by atoms with Gasteiger partial charge >= 0.3 is 29.6 Å². The Bertz CT molecular complexity index is 1000. The van der Waals surface area contributed by atoms with Gasteiger partial charge in [-0.15, -0.1) is 0 Å². The molecular formula is C17H15N2NaO3S. The summed E-state index contributed by atoms with van der Waals surface area (Å²) in [5.74, 6) is 0. The zero-order chi connectivity index (χ0) is 16.4. The summed E-state index contributed by atoms with van der Waals surface area (Å²) in [6, 6.07) is 17.4. The molecule has 0 aromatic heterocycles. The molecule has 5 nitrogen and oxygen atoms in total. The van der Waals surface area contributed by atoms with Gasteiger partial charge in [0.05, 0.1) is 11.4 Å². The number of benzene rings is 3. The van der Waals surface area contributed by atoms with E-state index in [4.69, 9.17) is 0 Å². The van der Waals surface area contributed by atoms with Crippen LogP contribution >= 0.6 is 0 Å². The van der Waals surface area contributed by atoms with Crippen LogP contribution in [0.2, 0.25) is 0 Å². The van der Waals surface area contributed by atoms with Crippen molar-refractivity contribution in [1.82, 2.24) is 0 Å². The predicted molar refractivity (Wildman–Crippen MR) is 96.3 cm³/mol. The van der Waals surface area contributed by atoms with Crippen molar-refractivity contribution >= 4 is 61.8 Å². The van der Waals surface area contributed by atoms with E-state index in [1.54, 1.807) is 30.3 Å². The van der Waals surface area contributed by atoms with Crippen molar-refractivity contribution in [2.45, 2.75) is 11.8 Å². The van der Waals surface area contributed by atoms with Gasteiger partial charge in [-0.05, 0) is 36.6 Å². The maximum absolute atomic E-state index is 11.6. The Balaban J connectivity index is 0.00000208. The van der Waals surface area contributed by atoms with Crippen LogP contribution in [-0.2, 0) is 10.1 Å². The summed E-state index contributed by atoms with van der Waals surface area (Å²) in [4.78, 5) is -0.173. The first kappa shape index (κ1) is 18.8. The first-order chi connectivity index (χ1) is 10.9. The molecule has 3 rings (SSSR count). The van der Waals surface area contributed by atoms with Crippen molar-refractivity contribution in [3.63, 3.8) is 0 Å². The van der Waals surface area contributed by atoms with Crippen LogP contribution in [0.5, 0.6) is 0 Å². The van der Waals surface area contributed by atoms with Gasteiger partial charge in [0.15, 0.2) is 0 Å². The molecule has 3 aromatic carbocycles. The second kappa shape index (κ2) is 7.55. The summed E-state index contributed by atoms with van der Waals surface area (Å²) in [5.41, 5.74) is 2.14. The molecule has 1 N–H and O–H groups in total. The third kappa shape index (κ3) is 4.28. The first-order valence-electron chi connectivity index (χ1n) is 6.92. The Hall–Kier alpha value is -1.57. The molecule has 0 bridgehead atoms. The van der Waals surface area contributed by atoms with E-state index >= 15 is 0 Å². The van der Waals surface area contributed by atoms with E-state index in [-0.39, 0.29) is 34.5 Å². The van der Waals surface area contributed by atoms with E-state index < -0.39 is 10.1 Å². The zero-order valence-electron chi connectivity index (χ0n) is 12.3. The van der Waals surface area contributed by atoms with Crippen LogP contribution in [-0.4, -0.2) is 42.5 Å². The van der Waals surface area contributed by atoms with Crippen molar-refractivity contribution in [2.75, 3.05) is 0 Å². The van der Waals surface area contributed by atoms with Gasteiger partial charge in [-0.1, -0.05) is 42.0 Å². The van der Waals surface area contributed by atoms with Crippen LogP contribution in [0.15, 0.2) is 75.8 Å². The van der Waals surface area contributed by atoms with E-state index in [0.717, 1.165) is 5.56 Å². The zero-order valence-corrected chi connectivity index (χ0v) is 13.2. The van der Waals surface area contributed by atoms with Gasteiger partial charge in [0.25, 0.3) is 10.1 Å². The predicted octanol–water partition coefficient (Wildman–Crippen LogP) is 4.16. The molecule has 0 unspecified atom stereocenters. The quantitative estimate of drug-likeness (QED) is 0.437. The Labute approximate surface area is 162 Å². The number of aryl methyl sites for hydroxylation is 1. The average Bonchev–Trinajstić information content (AvgIpc) is 2.52. The minimum atomic E-state index is -4.34. The third-order valence-electron chi connectivity index (χ3n) is 3.40. The molecule has 0 spiro atoms. The topological polar surface area (TPSA) is 79.1 Å². The number of hydrogen-bond donors (Lipinski definition) is 1. The fourth-order valence-corrected chi connectivity index (χ4v) is 2.99. The second-order valence-corrected chi connectivity index (χ2v) is 6.57. The first-order valence-corrected chi connectivity index (χ1v) is 8.36. The van der Waals surface area contributed by atoms with Gasteiger partial charge in [-0.2, -0.15) is 18.6 Å². The van der Waals surface area contributed by atoms with Crippen LogP contribution in [0.25, 0.3) is 10.8 Å². The summed E-state index contributed by atoms with van der Waals surface area (Å²) in [7, 11) is -4.34. The van der Waals surface area contributed by atoms with E-state index in [0.29, 0.717) is 22.1 Å². The molecule has 0 atom stereocenters. The van der Waals surface area contributed by atoms with E-state index in [1.807, 2.05) is 31.2 Å². The molecular weight excluding hydrogens is 335 g/mol. The second-order valence-electron chi connectivity index (χ2n) is 5.18. The van der Waals surface area contributed by atoms with Crippen molar-refractivity contribution in [1.29, 1.82) is 0 Å². The van der Waals surface area contributed by atoms with Crippen LogP contribution in [0.4, 0.5) is 11.4 Å². The Morgan fingerprint density at radius 2 is 1.50 bits per heavy atom. The molecule has 24 heavy (non-hydrogen) atoms. The van der Waals surface area contributed by atoms with Gasteiger partial charge in [0.1, 0.15) is 4.90 Å². The normalized spacial score (nSPS) is 11.6. The van der Waals surface area contributed by atoms with Gasteiger partial charge in [0.2, 0.25) is 0 Å². The average molecular weight is 350 g/mol. The number of azo groups is 1. The third-order valence-corrected chi connectivity index (χ3v) is 4.30. The molecule has 0 radical (unpaired) electrons. The van der Waals surface area contributed by atoms with Crippen LogP contribution < -0.4 is 0 Å². The van der Waals surface area contributed by atoms with E-state index in [2.05, 4.69) is 10.2 Å².